The van der Waals surface area contributed by atoms with Gasteiger partial charge in [-0.3, -0.25) is 4.79 Å². The van der Waals surface area contributed by atoms with E-state index in [9.17, 15) is 4.79 Å². The fourth-order valence-corrected chi connectivity index (χ4v) is 3.68. The molecule has 0 saturated carbocycles. The number of amides is 1. The number of hydrogen-bond donors (Lipinski definition) is 1. The van der Waals surface area contributed by atoms with Gasteiger partial charge in [0.15, 0.2) is 6.61 Å². The summed E-state index contributed by atoms with van der Waals surface area (Å²) in [6, 6.07) is 16.6. The molecule has 140 valence electrons. The molecule has 0 bridgehead atoms. The van der Waals surface area contributed by atoms with E-state index in [1.165, 1.54) is 11.3 Å². The van der Waals surface area contributed by atoms with Crippen molar-refractivity contribution in [2.45, 2.75) is 6.92 Å². The number of rotatable bonds is 5. The summed E-state index contributed by atoms with van der Waals surface area (Å²) in [7, 11) is 0. The predicted molar refractivity (Wildman–Crippen MR) is 113 cm³/mol. The lowest BCUT2D eigenvalue weighted by molar-refractivity contribution is -0.118. The van der Waals surface area contributed by atoms with Crippen LogP contribution in [0, 0.1) is 6.92 Å². The van der Waals surface area contributed by atoms with Crippen LogP contribution in [0.25, 0.3) is 20.9 Å². The van der Waals surface area contributed by atoms with E-state index in [1.54, 1.807) is 30.5 Å². The maximum absolute atomic E-state index is 12.3. The molecule has 0 atom stereocenters. The molecule has 7 heteroatoms. The lowest BCUT2D eigenvalue weighted by Gasteiger charge is -2.11. The van der Waals surface area contributed by atoms with Crippen LogP contribution in [0.1, 0.15) is 5.56 Å². The number of aryl methyl sites for hydroxylation is 1. The van der Waals surface area contributed by atoms with Crippen LogP contribution in [0.15, 0.2) is 60.8 Å². The summed E-state index contributed by atoms with van der Waals surface area (Å²) in [4.78, 5) is 22.2. The van der Waals surface area contributed by atoms with Gasteiger partial charge in [0.05, 0.1) is 0 Å². The quantitative estimate of drug-likeness (QED) is 0.483. The maximum atomic E-state index is 12.3. The van der Waals surface area contributed by atoms with E-state index in [0.29, 0.717) is 10.8 Å². The number of carbonyl (C=O) groups is 1. The van der Waals surface area contributed by atoms with Crippen LogP contribution >= 0.6 is 22.9 Å². The number of halogens is 1. The van der Waals surface area contributed by atoms with E-state index >= 15 is 0 Å². The van der Waals surface area contributed by atoms with Crippen molar-refractivity contribution in [3.63, 3.8) is 0 Å². The molecule has 0 radical (unpaired) electrons. The minimum atomic E-state index is -0.235. The number of anilines is 1. The normalized spacial score (nSPS) is 10.8. The first-order chi connectivity index (χ1) is 13.6. The second-order valence-corrected chi connectivity index (χ2v) is 7.58. The van der Waals surface area contributed by atoms with Gasteiger partial charge in [-0.2, -0.15) is 0 Å². The van der Waals surface area contributed by atoms with E-state index in [-0.39, 0.29) is 12.5 Å². The molecule has 2 heterocycles. The average Bonchev–Trinajstić information content (AvgIpc) is 3.13. The van der Waals surface area contributed by atoms with Crippen LogP contribution in [0.3, 0.4) is 0 Å². The van der Waals surface area contributed by atoms with Gasteiger partial charge in [0.1, 0.15) is 21.1 Å². The van der Waals surface area contributed by atoms with Crippen molar-refractivity contribution in [3.05, 3.63) is 71.4 Å². The number of hydrogen-bond acceptors (Lipinski definition) is 5. The van der Waals surface area contributed by atoms with Crippen molar-refractivity contribution in [3.8, 4) is 16.3 Å². The van der Waals surface area contributed by atoms with Gasteiger partial charge in [-0.05, 0) is 55.0 Å². The number of fused-ring (bicyclic) bond motifs is 1. The number of carbonyl (C=O) groups excluding carboxylic acids is 1. The molecule has 28 heavy (non-hydrogen) atoms. The van der Waals surface area contributed by atoms with Gasteiger partial charge < -0.3 is 10.1 Å². The van der Waals surface area contributed by atoms with E-state index in [4.69, 9.17) is 16.3 Å². The Morgan fingerprint density at radius 1 is 1.18 bits per heavy atom. The summed E-state index contributed by atoms with van der Waals surface area (Å²) in [5.41, 5.74) is 3.49. The Balaban J connectivity index is 1.49. The minimum Gasteiger partial charge on any atom is -0.484 e. The summed E-state index contributed by atoms with van der Waals surface area (Å²) < 4.78 is 5.50. The molecule has 0 aliphatic carbocycles. The Bertz CT molecular complexity index is 1110. The van der Waals surface area contributed by atoms with Crippen LogP contribution in [-0.2, 0) is 4.79 Å². The Kier molecular flexibility index (Phi) is 5.23. The van der Waals surface area contributed by atoms with E-state index in [2.05, 4.69) is 15.3 Å². The Hall–Kier alpha value is -2.96. The van der Waals surface area contributed by atoms with E-state index < -0.39 is 0 Å². The third kappa shape index (κ3) is 4.13. The minimum absolute atomic E-state index is 0.0869. The molecule has 0 fully saturated rings. The highest BCUT2D eigenvalue weighted by molar-refractivity contribution is 7.21. The zero-order valence-corrected chi connectivity index (χ0v) is 16.6. The van der Waals surface area contributed by atoms with Gasteiger partial charge in [0, 0.05) is 22.5 Å². The zero-order valence-electron chi connectivity index (χ0n) is 15.0. The van der Waals surface area contributed by atoms with Crippen LogP contribution in [0.2, 0.25) is 5.02 Å². The zero-order chi connectivity index (χ0) is 19.5. The summed E-state index contributed by atoms with van der Waals surface area (Å²) in [6.45, 7) is 1.86. The smallest absolute Gasteiger partial charge is 0.262 e. The lowest BCUT2D eigenvalue weighted by atomic mass is 10.1. The van der Waals surface area contributed by atoms with Crippen LogP contribution in [0.5, 0.6) is 5.75 Å². The van der Waals surface area contributed by atoms with Crippen molar-refractivity contribution >= 4 is 44.9 Å². The highest BCUT2D eigenvalue weighted by Crippen LogP contribution is 2.31. The summed E-state index contributed by atoms with van der Waals surface area (Å²) >= 11 is 7.37. The Morgan fingerprint density at radius 2 is 2.00 bits per heavy atom. The highest BCUT2D eigenvalue weighted by Gasteiger charge is 2.11. The first-order valence-electron chi connectivity index (χ1n) is 8.59. The van der Waals surface area contributed by atoms with Crippen molar-refractivity contribution in [2.24, 2.45) is 0 Å². The molecule has 2 aromatic heterocycles. The monoisotopic (exact) mass is 409 g/mol. The van der Waals surface area contributed by atoms with Crippen molar-refractivity contribution in [2.75, 3.05) is 11.9 Å². The number of benzene rings is 2. The largest absolute Gasteiger partial charge is 0.484 e. The second-order valence-electron chi connectivity index (χ2n) is 6.17. The third-order valence-electron chi connectivity index (χ3n) is 4.11. The average molecular weight is 410 g/mol. The van der Waals surface area contributed by atoms with Gasteiger partial charge in [-0.25, -0.2) is 9.97 Å². The molecule has 4 aromatic rings. The number of aromatic nitrogens is 2. The molecule has 0 spiro atoms. The van der Waals surface area contributed by atoms with Gasteiger partial charge >= 0.3 is 0 Å². The van der Waals surface area contributed by atoms with E-state index in [0.717, 1.165) is 32.2 Å². The van der Waals surface area contributed by atoms with E-state index in [1.807, 2.05) is 37.3 Å². The number of nitrogens with zero attached hydrogens (tertiary/aromatic N) is 2. The van der Waals surface area contributed by atoms with Crippen molar-refractivity contribution < 1.29 is 9.53 Å². The molecule has 5 nitrogen and oxygen atoms in total. The van der Waals surface area contributed by atoms with Gasteiger partial charge in [-0.15, -0.1) is 0 Å². The highest BCUT2D eigenvalue weighted by atomic mass is 35.5. The molecule has 0 saturated heterocycles. The molecule has 0 aliphatic heterocycles. The number of pyridine rings is 1. The molecule has 0 unspecified atom stereocenters. The fraction of sp³-hybridized carbons (Fsp3) is 0.0952. The Morgan fingerprint density at radius 3 is 2.79 bits per heavy atom. The lowest BCUT2D eigenvalue weighted by Crippen LogP contribution is -2.20. The molecule has 4 rings (SSSR count). The first-order valence-corrected chi connectivity index (χ1v) is 9.79. The molecular formula is C21H16ClN3O2S. The maximum Gasteiger partial charge on any atom is 0.262 e. The van der Waals surface area contributed by atoms with Crippen LogP contribution in [0.4, 0.5) is 5.69 Å². The first kappa shape index (κ1) is 18.4. The van der Waals surface area contributed by atoms with Gasteiger partial charge in [0.25, 0.3) is 5.91 Å². The molecule has 1 amide bonds. The summed E-state index contributed by atoms with van der Waals surface area (Å²) in [6.07, 6.45) is 1.76. The third-order valence-corrected chi connectivity index (χ3v) is 5.39. The van der Waals surface area contributed by atoms with Gasteiger partial charge in [0.2, 0.25) is 0 Å². The molecular weight excluding hydrogens is 394 g/mol. The van der Waals surface area contributed by atoms with Crippen LogP contribution < -0.4 is 10.1 Å². The standard InChI is InChI=1S/C21H16ClN3O2S/c1-13-4-5-14(20-25-17-3-2-10-23-21(17)28-20)11-18(13)24-19(26)12-27-16-8-6-15(22)7-9-16/h2-11H,12H2,1H3,(H,24,26). The summed E-state index contributed by atoms with van der Waals surface area (Å²) in [5.74, 6) is 0.355. The number of ether oxygens (including phenoxy) is 1. The topological polar surface area (TPSA) is 64.1 Å². The molecule has 2 aromatic carbocycles. The Labute approximate surface area is 171 Å². The fourth-order valence-electron chi connectivity index (χ4n) is 2.65. The molecule has 0 aliphatic rings. The van der Waals surface area contributed by atoms with Crippen molar-refractivity contribution in [1.29, 1.82) is 0 Å². The summed E-state index contributed by atoms with van der Waals surface area (Å²) in [5, 5.41) is 4.39. The van der Waals surface area contributed by atoms with Crippen molar-refractivity contribution in [1.82, 2.24) is 9.97 Å². The SMILES string of the molecule is Cc1ccc(-c2nc3cccnc3s2)cc1NC(=O)COc1ccc(Cl)cc1. The predicted octanol–water partition coefficient (Wildman–Crippen LogP) is 5.34. The van der Waals surface area contributed by atoms with Gasteiger partial charge in [-0.1, -0.05) is 35.1 Å². The number of nitrogens with one attached hydrogen (secondary N) is 1. The molecule has 1 N–H and O–H groups in total. The number of thiazole rings is 1. The second kappa shape index (κ2) is 7.96. The van der Waals surface area contributed by atoms with Crippen LogP contribution in [-0.4, -0.2) is 22.5 Å².